The minimum Gasteiger partial charge on any atom is -0.355 e. The molecule has 0 bridgehead atoms. The summed E-state index contributed by atoms with van der Waals surface area (Å²) in [5, 5.41) is 2.93. The van der Waals surface area contributed by atoms with Crippen LogP contribution in [0.5, 0.6) is 0 Å². The fraction of sp³-hybridized carbons (Fsp3) is 0.588. The van der Waals surface area contributed by atoms with Gasteiger partial charge in [0.05, 0.1) is 0 Å². The van der Waals surface area contributed by atoms with Gasteiger partial charge in [-0.05, 0) is 32.3 Å². The van der Waals surface area contributed by atoms with Crippen molar-refractivity contribution in [2.45, 2.75) is 45.3 Å². The summed E-state index contributed by atoms with van der Waals surface area (Å²) in [7, 11) is -0.920. The van der Waals surface area contributed by atoms with Crippen molar-refractivity contribution >= 4 is 16.7 Å². The van der Waals surface area contributed by atoms with E-state index in [0.29, 0.717) is 18.1 Å². The Labute approximate surface area is 130 Å². The lowest BCUT2D eigenvalue weighted by molar-refractivity contribution is -0.124. The largest absolute Gasteiger partial charge is 0.355 e. The van der Waals surface area contributed by atoms with Crippen molar-refractivity contribution in [2.75, 3.05) is 12.3 Å². The van der Waals surface area contributed by atoms with Crippen LogP contribution in [-0.2, 0) is 21.3 Å². The van der Waals surface area contributed by atoms with E-state index in [-0.39, 0.29) is 11.8 Å². The fourth-order valence-corrected chi connectivity index (χ4v) is 4.04. The second-order valence-corrected chi connectivity index (χ2v) is 7.63. The molecule has 1 saturated carbocycles. The quantitative estimate of drug-likeness (QED) is 0.878. The number of rotatable bonds is 6. The standard InChI is InChI=1S/C17H25NO2S/c1-13-9-14(2)11-15(10-13)12-21(20)8-7-18-17(19)16-5-3-4-6-16/h9-11,16H,3-8,12H2,1-2H3,(H,18,19)/t21-/m1/s1. The second kappa shape index (κ2) is 7.74. The van der Waals surface area contributed by atoms with Crippen molar-refractivity contribution < 1.29 is 9.00 Å². The van der Waals surface area contributed by atoms with Crippen LogP contribution in [-0.4, -0.2) is 22.4 Å². The zero-order valence-corrected chi connectivity index (χ0v) is 13.8. The van der Waals surface area contributed by atoms with Gasteiger partial charge in [-0.25, -0.2) is 0 Å². The van der Waals surface area contributed by atoms with Crippen LogP contribution < -0.4 is 5.32 Å². The van der Waals surface area contributed by atoms with Crippen LogP contribution in [0.1, 0.15) is 42.4 Å². The molecule has 0 saturated heterocycles. The average molecular weight is 307 g/mol. The molecular weight excluding hydrogens is 282 g/mol. The highest BCUT2D eigenvalue weighted by atomic mass is 32.2. The van der Waals surface area contributed by atoms with Crippen LogP contribution in [0.15, 0.2) is 18.2 Å². The summed E-state index contributed by atoms with van der Waals surface area (Å²) in [5.74, 6) is 1.45. The average Bonchev–Trinajstić information content (AvgIpc) is 2.90. The van der Waals surface area contributed by atoms with Crippen molar-refractivity contribution in [1.29, 1.82) is 0 Å². The van der Waals surface area contributed by atoms with E-state index in [1.54, 1.807) is 0 Å². The van der Waals surface area contributed by atoms with Gasteiger partial charge in [0.2, 0.25) is 5.91 Å². The van der Waals surface area contributed by atoms with Crippen molar-refractivity contribution in [3.63, 3.8) is 0 Å². The molecule has 0 heterocycles. The van der Waals surface area contributed by atoms with Gasteiger partial charge in [0.15, 0.2) is 0 Å². The van der Waals surface area contributed by atoms with Gasteiger partial charge in [-0.15, -0.1) is 0 Å². The molecule has 0 aromatic heterocycles. The number of nitrogens with one attached hydrogen (secondary N) is 1. The Hall–Kier alpha value is -1.16. The van der Waals surface area contributed by atoms with E-state index in [1.165, 1.54) is 11.1 Å². The first-order valence-electron chi connectivity index (χ1n) is 7.74. The van der Waals surface area contributed by atoms with Gasteiger partial charge in [0.1, 0.15) is 0 Å². The Morgan fingerprint density at radius 3 is 2.43 bits per heavy atom. The number of amides is 1. The molecule has 3 nitrogen and oxygen atoms in total. The molecule has 4 heteroatoms. The highest BCUT2D eigenvalue weighted by Crippen LogP contribution is 2.24. The van der Waals surface area contributed by atoms with Gasteiger partial charge in [-0.2, -0.15) is 0 Å². The van der Waals surface area contributed by atoms with E-state index < -0.39 is 10.8 Å². The normalized spacial score (nSPS) is 16.9. The molecule has 1 aliphatic rings. The monoisotopic (exact) mass is 307 g/mol. The van der Waals surface area contributed by atoms with E-state index >= 15 is 0 Å². The molecule has 2 rings (SSSR count). The topological polar surface area (TPSA) is 46.2 Å². The van der Waals surface area contributed by atoms with Gasteiger partial charge in [-0.1, -0.05) is 42.2 Å². The molecule has 0 spiro atoms. The van der Waals surface area contributed by atoms with Gasteiger partial charge in [0, 0.05) is 34.8 Å². The van der Waals surface area contributed by atoms with Crippen LogP contribution in [0.25, 0.3) is 0 Å². The maximum Gasteiger partial charge on any atom is 0.223 e. The zero-order valence-electron chi connectivity index (χ0n) is 13.0. The summed E-state index contributed by atoms with van der Waals surface area (Å²) >= 11 is 0. The third kappa shape index (κ3) is 5.27. The number of benzene rings is 1. The number of hydrogen-bond donors (Lipinski definition) is 1. The third-order valence-electron chi connectivity index (χ3n) is 3.96. The maximum absolute atomic E-state index is 12.1. The van der Waals surface area contributed by atoms with E-state index in [0.717, 1.165) is 31.2 Å². The second-order valence-electron chi connectivity index (χ2n) is 6.06. The first kappa shape index (κ1) is 16.2. The van der Waals surface area contributed by atoms with Crippen LogP contribution in [0, 0.1) is 19.8 Å². The van der Waals surface area contributed by atoms with Crippen molar-refractivity contribution in [2.24, 2.45) is 5.92 Å². The third-order valence-corrected chi connectivity index (χ3v) is 5.28. The first-order chi connectivity index (χ1) is 10.0. The first-order valence-corrected chi connectivity index (χ1v) is 9.23. The maximum atomic E-state index is 12.1. The van der Waals surface area contributed by atoms with E-state index in [4.69, 9.17) is 0 Å². The van der Waals surface area contributed by atoms with Crippen LogP contribution in [0.2, 0.25) is 0 Å². The van der Waals surface area contributed by atoms with E-state index in [1.807, 2.05) is 0 Å². The zero-order chi connectivity index (χ0) is 15.2. The molecule has 1 N–H and O–H groups in total. The molecule has 1 amide bonds. The molecular formula is C17H25NO2S. The van der Waals surface area contributed by atoms with Crippen molar-refractivity contribution in [3.05, 3.63) is 34.9 Å². The minimum atomic E-state index is -0.920. The van der Waals surface area contributed by atoms with Gasteiger partial charge >= 0.3 is 0 Å². The van der Waals surface area contributed by atoms with Crippen molar-refractivity contribution in [1.82, 2.24) is 5.32 Å². The van der Waals surface area contributed by atoms with Crippen molar-refractivity contribution in [3.8, 4) is 0 Å². The summed E-state index contributed by atoms with van der Waals surface area (Å²) in [6, 6.07) is 6.29. The summed E-state index contributed by atoms with van der Waals surface area (Å²) in [6.07, 6.45) is 4.35. The molecule has 1 aromatic carbocycles. The van der Waals surface area contributed by atoms with Gasteiger partial charge in [0.25, 0.3) is 0 Å². The van der Waals surface area contributed by atoms with Gasteiger partial charge < -0.3 is 5.32 Å². The Morgan fingerprint density at radius 2 is 1.81 bits per heavy atom. The highest BCUT2D eigenvalue weighted by molar-refractivity contribution is 7.84. The number of carbonyl (C=O) groups excluding carboxylic acids is 1. The molecule has 0 radical (unpaired) electrons. The predicted molar refractivity (Wildman–Crippen MR) is 87.6 cm³/mol. The lowest BCUT2D eigenvalue weighted by Crippen LogP contribution is -2.32. The molecule has 1 aliphatic carbocycles. The van der Waals surface area contributed by atoms with E-state index in [2.05, 4.69) is 37.4 Å². The number of hydrogen-bond acceptors (Lipinski definition) is 2. The smallest absolute Gasteiger partial charge is 0.223 e. The molecule has 0 aliphatic heterocycles. The molecule has 0 unspecified atom stereocenters. The Balaban J connectivity index is 1.73. The Kier molecular flexibility index (Phi) is 5.97. The molecule has 1 atom stereocenters. The summed E-state index contributed by atoms with van der Waals surface area (Å²) in [4.78, 5) is 11.9. The minimum absolute atomic E-state index is 0.149. The van der Waals surface area contributed by atoms with Crippen LogP contribution in [0.3, 0.4) is 0 Å². The fourth-order valence-electron chi connectivity index (χ4n) is 3.03. The van der Waals surface area contributed by atoms with E-state index in [9.17, 15) is 9.00 Å². The lowest BCUT2D eigenvalue weighted by atomic mass is 10.1. The molecule has 1 aromatic rings. The molecule has 1 fully saturated rings. The summed E-state index contributed by atoms with van der Waals surface area (Å²) in [6.45, 7) is 4.63. The highest BCUT2D eigenvalue weighted by Gasteiger charge is 2.22. The number of aryl methyl sites for hydroxylation is 2. The number of carbonyl (C=O) groups is 1. The lowest BCUT2D eigenvalue weighted by Gasteiger charge is -2.10. The SMILES string of the molecule is Cc1cc(C)cc(C[S@](=O)CCNC(=O)C2CCCC2)c1. The Bertz CT molecular complexity index is 501. The predicted octanol–water partition coefficient (Wildman–Crippen LogP) is 2.86. The summed E-state index contributed by atoms with van der Waals surface area (Å²) in [5.41, 5.74) is 3.53. The molecule has 116 valence electrons. The van der Waals surface area contributed by atoms with Crippen LogP contribution >= 0.6 is 0 Å². The summed E-state index contributed by atoms with van der Waals surface area (Å²) < 4.78 is 12.1. The molecule has 21 heavy (non-hydrogen) atoms. The van der Waals surface area contributed by atoms with Gasteiger partial charge in [-0.3, -0.25) is 9.00 Å². The van der Waals surface area contributed by atoms with Crippen LogP contribution in [0.4, 0.5) is 0 Å². The Morgan fingerprint density at radius 1 is 1.19 bits per heavy atom.